The standard InChI is InChI=1S/C19H28N4O2S2.C12H12N2O3/c1-15-18(14-21-23(15)16-6-8-17(25-4)9-7-16)19(24)20-10-5-12-26-27-13-11-22(2)3;1-8-11(12(15)16)7-13-14(8)9-3-5-10(17-2)6-4-9/h6-9,14H,5,10-13H2,1-4H3,(H,20,24);3-7H,1-2H3,(H,15,16). The van der Waals surface area contributed by atoms with Crippen molar-refractivity contribution in [2.24, 2.45) is 0 Å². The van der Waals surface area contributed by atoms with Crippen LogP contribution in [0.3, 0.4) is 0 Å². The molecule has 13 heteroatoms. The van der Waals surface area contributed by atoms with Crippen molar-refractivity contribution in [3.05, 3.63) is 83.4 Å². The minimum Gasteiger partial charge on any atom is -0.497 e. The Morgan fingerprint density at radius 2 is 1.30 bits per heavy atom. The highest BCUT2D eigenvalue weighted by Crippen LogP contribution is 2.22. The maximum absolute atomic E-state index is 12.4. The van der Waals surface area contributed by atoms with Gasteiger partial charge in [-0.15, -0.1) is 0 Å². The van der Waals surface area contributed by atoms with Crippen molar-refractivity contribution < 1.29 is 24.2 Å². The fourth-order valence-corrected chi connectivity index (χ4v) is 6.21. The second kappa shape index (κ2) is 17.4. The van der Waals surface area contributed by atoms with Gasteiger partial charge in [-0.3, -0.25) is 4.79 Å². The first-order chi connectivity index (χ1) is 21.2. The molecule has 0 aliphatic carbocycles. The summed E-state index contributed by atoms with van der Waals surface area (Å²) in [5.74, 6) is 2.65. The van der Waals surface area contributed by atoms with Gasteiger partial charge in [0.1, 0.15) is 17.1 Å². The molecule has 0 saturated carbocycles. The summed E-state index contributed by atoms with van der Waals surface area (Å²) in [6.07, 6.45) is 3.93. The lowest BCUT2D eigenvalue weighted by Gasteiger charge is -2.08. The van der Waals surface area contributed by atoms with Gasteiger partial charge < -0.3 is 24.8 Å². The van der Waals surface area contributed by atoms with E-state index in [2.05, 4.69) is 34.5 Å². The molecule has 1 amide bonds. The normalized spacial score (nSPS) is 10.7. The molecule has 236 valence electrons. The van der Waals surface area contributed by atoms with Crippen LogP contribution in [0.1, 0.15) is 38.5 Å². The van der Waals surface area contributed by atoms with Crippen LogP contribution < -0.4 is 14.8 Å². The third-order valence-electron chi connectivity index (χ3n) is 6.52. The van der Waals surface area contributed by atoms with E-state index in [9.17, 15) is 9.59 Å². The van der Waals surface area contributed by atoms with E-state index in [0.717, 1.165) is 53.0 Å². The number of rotatable bonds is 14. The molecule has 0 atom stereocenters. The minimum absolute atomic E-state index is 0.0717. The maximum Gasteiger partial charge on any atom is 0.339 e. The van der Waals surface area contributed by atoms with Crippen molar-refractivity contribution in [2.75, 3.05) is 52.9 Å². The summed E-state index contributed by atoms with van der Waals surface area (Å²) in [5.41, 5.74) is 3.95. The second-order valence-corrected chi connectivity index (χ2v) is 12.6. The van der Waals surface area contributed by atoms with Gasteiger partial charge in [0.2, 0.25) is 0 Å². The number of ether oxygens (including phenoxy) is 2. The first-order valence-electron chi connectivity index (χ1n) is 13.9. The van der Waals surface area contributed by atoms with Crippen molar-refractivity contribution >= 4 is 33.5 Å². The summed E-state index contributed by atoms with van der Waals surface area (Å²) >= 11 is 0. The molecule has 0 saturated heterocycles. The Kier molecular flexibility index (Phi) is 13.6. The molecule has 0 spiro atoms. The van der Waals surface area contributed by atoms with Crippen LogP contribution in [0.2, 0.25) is 0 Å². The van der Waals surface area contributed by atoms with Gasteiger partial charge in [0.25, 0.3) is 5.91 Å². The SMILES string of the molecule is COc1ccc(-n2ncc(C(=O)NCCCSSCCN(C)C)c2C)cc1.COc1ccc(-n2ncc(C(=O)O)c2C)cc1. The number of hydrogen-bond acceptors (Lipinski definition) is 9. The number of nitrogens with zero attached hydrogens (tertiary/aromatic N) is 5. The molecule has 2 aromatic carbocycles. The van der Waals surface area contributed by atoms with Crippen molar-refractivity contribution in [1.82, 2.24) is 29.8 Å². The first-order valence-corrected chi connectivity index (χ1v) is 16.4. The van der Waals surface area contributed by atoms with E-state index in [1.807, 2.05) is 64.9 Å². The predicted molar refractivity (Wildman–Crippen MR) is 177 cm³/mol. The predicted octanol–water partition coefficient (Wildman–Crippen LogP) is 5.14. The lowest BCUT2D eigenvalue weighted by atomic mass is 10.2. The van der Waals surface area contributed by atoms with E-state index in [1.165, 1.54) is 6.20 Å². The molecule has 11 nitrogen and oxygen atoms in total. The van der Waals surface area contributed by atoms with Crippen molar-refractivity contribution in [3.8, 4) is 22.9 Å². The van der Waals surface area contributed by atoms with Crippen LogP contribution in [0.25, 0.3) is 11.4 Å². The Bertz CT molecular complexity index is 1490. The number of hydrogen-bond donors (Lipinski definition) is 2. The van der Waals surface area contributed by atoms with Gasteiger partial charge in [-0.2, -0.15) is 10.2 Å². The Balaban J connectivity index is 0.000000266. The lowest BCUT2D eigenvalue weighted by Crippen LogP contribution is -2.25. The summed E-state index contributed by atoms with van der Waals surface area (Å²) in [6.45, 7) is 5.39. The topological polar surface area (TPSA) is 124 Å². The van der Waals surface area contributed by atoms with E-state index in [-0.39, 0.29) is 11.5 Å². The number of carboxylic acid groups (broad SMARTS) is 1. The smallest absolute Gasteiger partial charge is 0.339 e. The third kappa shape index (κ3) is 9.79. The van der Waals surface area contributed by atoms with Crippen LogP contribution in [0.4, 0.5) is 0 Å². The Morgan fingerprint density at radius 1 is 0.818 bits per heavy atom. The average Bonchev–Trinajstić information content (AvgIpc) is 3.61. The molecule has 0 aliphatic heterocycles. The molecule has 0 bridgehead atoms. The van der Waals surface area contributed by atoms with Crippen molar-refractivity contribution in [1.29, 1.82) is 0 Å². The molecule has 0 aliphatic rings. The molecule has 0 radical (unpaired) electrons. The first kappa shape index (κ1) is 34.5. The monoisotopic (exact) mass is 640 g/mol. The zero-order valence-electron chi connectivity index (χ0n) is 25.9. The van der Waals surface area contributed by atoms with Gasteiger partial charge in [-0.05, 0) is 82.9 Å². The van der Waals surface area contributed by atoms with E-state index in [1.54, 1.807) is 48.8 Å². The van der Waals surface area contributed by atoms with Crippen LogP contribution in [-0.2, 0) is 0 Å². The summed E-state index contributed by atoms with van der Waals surface area (Å²) in [5, 5.41) is 20.3. The molecular formula is C31H40N6O5S2. The van der Waals surface area contributed by atoms with Crippen LogP contribution in [0.5, 0.6) is 11.5 Å². The number of carboxylic acids is 1. The molecule has 2 N–H and O–H groups in total. The summed E-state index contributed by atoms with van der Waals surface area (Å²) in [6, 6.07) is 14.9. The quantitative estimate of drug-likeness (QED) is 0.141. The van der Waals surface area contributed by atoms with Crippen LogP contribution in [0.15, 0.2) is 60.9 Å². The molecule has 2 heterocycles. The number of carbonyl (C=O) groups is 2. The van der Waals surface area contributed by atoms with E-state index in [0.29, 0.717) is 17.8 Å². The fraction of sp³-hybridized carbons (Fsp3) is 0.355. The van der Waals surface area contributed by atoms with Gasteiger partial charge in [0.15, 0.2) is 0 Å². The van der Waals surface area contributed by atoms with Crippen LogP contribution in [0, 0.1) is 13.8 Å². The zero-order chi connectivity index (χ0) is 32.1. The van der Waals surface area contributed by atoms with E-state index < -0.39 is 5.97 Å². The number of benzene rings is 2. The van der Waals surface area contributed by atoms with Crippen molar-refractivity contribution in [2.45, 2.75) is 20.3 Å². The summed E-state index contributed by atoms with van der Waals surface area (Å²) in [7, 11) is 11.1. The second-order valence-electron chi connectivity index (χ2n) is 9.87. The van der Waals surface area contributed by atoms with E-state index in [4.69, 9.17) is 14.6 Å². The number of methoxy groups -OCH3 is 2. The number of aromatic nitrogens is 4. The lowest BCUT2D eigenvalue weighted by molar-refractivity contribution is 0.0695. The van der Waals surface area contributed by atoms with Gasteiger partial charge >= 0.3 is 5.97 Å². The number of amides is 1. The number of nitrogens with one attached hydrogen (secondary N) is 1. The van der Waals surface area contributed by atoms with E-state index >= 15 is 0 Å². The van der Waals surface area contributed by atoms with Gasteiger partial charge in [-0.1, -0.05) is 21.6 Å². The Morgan fingerprint density at radius 3 is 1.75 bits per heavy atom. The third-order valence-corrected chi connectivity index (χ3v) is 9.00. The zero-order valence-corrected chi connectivity index (χ0v) is 27.6. The van der Waals surface area contributed by atoms with Crippen molar-refractivity contribution in [3.63, 3.8) is 0 Å². The molecule has 0 fully saturated rings. The Labute approximate surface area is 266 Å². The van der Waals surface area contributed by atoms with Gasteiger partial charge in [-0.25, -0.2) is 14.2 Å². The minimum atomic E-state index is -0.970. The Hall–Kier alpha value is -3.94. The number of aromatic carboxylic acids is 1. The van der Waals surface area contributed by atoms with Gasteiger partial charge in [0, 0.05) is 24.6 Å². The molecule has 4 aromatic rings. The average molecular weight is 641 g/mol. The fourth-order valence-electron chi connectivity index (χ4n) is 3.99. The highest BCUT2D eigenvalue weighted by atomic mass is 33.1. The molecule has 44 heavy (non-hydrogen) atoms. The van der Waals surface area contributed by atoms with Crippen LogP contribution >= 0.6 is 21.6 Å². The molecular weight excluding hydrogens is 601 g/mol. The largest absolute Gasteiger partial charge is 0.497 e. The highest BCUT2D eigenvalue weighted by Gasteiger charge is 2.15. The molecule has 0 unspecified atom stereocenters. The summed E-state index contributed by atoms with van der Waals surface area (Å²) in [4.78, 5) is 25.5. The van der Waals surface area contributed by atoms with Crippen LogP contribution in [-0.4, -0.2) is 94.4 Å². The molecule has 2 aromatic heterocycles. The molecule has 4 rings (SSSR count). The summed E-state index contributed by atoms with van der Waals surface area (Å²) < 4.78 is 13.6. The number of carbonyl (C=O) groups excluding carboxylic acids is 1. The highest BCUT2D eigenvalue weighted by molar-refractivity contribution is 8.76. The maximum atomic E-state index is 12.4. The van der Waals surface area contributed by atoms with Gasteiger partial charge in [0.05, 0.1) is 54.9 Å².